The number of anilines is 1. The fourth-order valence-corrected chi connectivity index (χ4v) is 3.67. The Morgan fingerprint density at radius 1 is 1.00 bits per heavy atom. The summed E-state index contributed by atoms with van der Waals surface area (Å²) in [5, 5.41) is 0. The van der Waals surface area contributed by atoms with Gasteiger partial charge >= 0.3 is 0 Å². The monoisotopic (exact) mass is 335 g/mol. The van der Waals surface area contributed by atoms with Gasteiger partial charge in [-0.25, -0.2) is 9.97 Å². The Morgan fingerprint density at radius 3 is 2.76 bits per heavy atom. The van der Waals surface area contributed by atoms with Crippen molar-refractivity contribution in [3.8, 4) is 0 Å². The molecular weight excluding hydrogens is 310 g/mol. The SMILES string of the molecule is Cc1nc2c(C)cccn2c1CN1CCCN(c2ccccn2)CC1. The molecule has 1 aliphatic rings. The minimum atomic E-state index is 0.951. The highest BCUT2D eigenvalue weighted by Crippen LogP contribution is 2.19. The Balaban J connectivity index is 1.51. The molecule has 0 atom stereocenters. The van der Waals surface area contributed by atoms with Gasteiger partial charge in [-0.15, -0.1) is 0 Å². The maximum Gasteiger partial charge on any atom is 0.140 e. The first-order valence-electron chi connectivity index (χ1n) is 9.04. The predicted molar refractivity (Wildman–Crippen MR) is 101 cm³/mol. The van der Waals surface area contributed by atoms with Gasteiger partial charge in [0.2, 0.25) is 0 Å². The summed E-state index contributed by atoms with van der Waals surface area (Å²) in [5.74, 6) is 1.09. The van der Waals surface area contributed by atoms with Gasteiger partial charge in [0.25, 0.3) is 0 Å². The van der Waals surface area contributed by atoms with Crippen LogP contribution in [0.15, 0.2) is 42.7 Å². The van der Waals surface area contributed by atoms with Crippen molar-refractivity contribution in [1.82, 2.24) is 19.3 Å². The molecule has 0 bridgehead atoms. The van der Waals surface area contributed by atoms with E-state index in [0.717, 1.165) is 56.3 Å². The number of rotatable bonds is 3. The molecule has 4 rings (SSSR count). The molecule has 3 aromatic heterocycles. The minimum Gasteiger partial charge on any atom is -0.355 e. The second kappa shape index (κ2) is 6.84. The lowest BCUT2D eigenvalue weighted by molar-refractivity contribution is 0.280. The van der Waals surface area contributed by atoms with Crippen LogP contribution < -0.4 is 4.90 Å². The lowest BCUT2D eigenvalue weighted by Crippen LogP contribution is -2.31. The first-order chi connectivity index (χ1) is 12.2. The number of pyridine rings is 2. The fraction of sp³-hybridized carbons (Fsp3) is 0.400. The Hall–Kier alpha value is -2.40. The minimum absolute atomic E-state index is 0.951. The molecule has 0 saturated carbocycles. The van der Waals surface area contributed by atoms with Gasteiger partial charge in [-0.1, -0.05) is 12.1 Å². The van der Waals surface area contributed by atoms with E-state index < -0.39 is 0 Å². The summed E-state index contributed by atoms with van der Waals surface area (Å²) < 4.78 is 2.26. The van der Waals surface area contributed by atoms with E-state index in [1.807, 2.05) is 12.3 Å². The topological polar surface area (TPSA) is 36.7 Å². The van der Waals surface area contributed by atoms with Gasteiger partial charge in [-0.3, -0.25) is 4.90 Å². The summed E-state index contributed by atoms with van der Waals surface area (Å²) in [7, 11) is 0. The van der Waals surface area contributed by atoms with Gasteiger partial charge in [0.05, 0.1) is 11.4 Å². The van der Waals surface area contributed by atoms with Crippen molar-refractivity contribution < 1.29 is 0 Å². The summed E-state index contributed by atoms with van der Waals surface area (Å²) >= 11 is 0. The molecule has 0 amide bonds. The van der Waals surface area contributed by atoms with Crippen LogP contribution in [0.5, 0.6) is 0 Å². The molecule has 0 spiro atoms. The molecule has 0 aromatic carbocycles. The van der Waals surface area contributed by atoms with E-state index in [2.05, 4.69) is 63.5 Å². The molecule has 0 aliphatic carbocycles. The standard InChI is InChI=1S/C20H25N5/c1-16-7-5-12-25-18(17(2)22-20(16)25)15-23-10-6-11-24(14-13-23)19-8-3-4-9-21-19/h3-5,7-9,12H,6,10-11,13-15H2,1-2H3. The molecule has 5 heteroatoms. The average Bonchev–Trinajstić information content (AvgIpc) is 2.81. The summed E-state index contributed by atoms with van der Waals surface area (Å²) in [6.45, 7) is 9.45. The molecule has 5 nitrogen and oxygen atoms in total. The first kappa shape index (κ1) is 16.1. The molecule has 25 heavy (non-hydrogen) atoms. The van der Waals surface area contributed by atoms with Crippen molar-refractivity contribution in [1.29, 1.82) is 0 Å². The van der Waals surface area contributed by atoms with E-state index in [9.17, 15) is 0 Å². The van der Waals surface area contributed by atoms with Crippen LogP contribution >= 0.6 is 0 Å². The van der Waals surface area contributed by atoms with Gasteiger partial charge in [0.15, 0.2) is 0 Å². The number of fused-ring (bicyclic) bond motifs is 1. The number of aryl methyl sites for hydroxylation is 2. The molecule has 1 saturated heterocycles. The third kappa shape index (κ3) is 3.24. The molecule has 0 unspecified atom stereocenters. The van der Waals surface area contributed by atoms with Gasteiger partial charge in [-0.05, 0) is 44.0 Å². The Labute approximate surface area is 148 Å². The number of aromatic nitrogens is 3. The average molecular weight is 335 g/mol. The van der Waals surface area contributed by atoms with Gasteiger partial charge in [-0.2, -0.15) is 0 Å². The molecule has 1 aliphatic heterocycles. The molecule has 0 N–H and O–H groups in total. The first-order valence-corrected chi connectivity index (χ1v) is 9.04. The van der Waals surface area contributed by atoms with Crippen LogP contribution in [-0.4, -0.2) is 45.4 Å². The molecule has 3 aromatic rings. The van der Waals surface area contributed by atoms with E-state index in [-0.39, 0.29) is 0 Å². The highest BCUT2D eigenvalue weighted by Gasteiger charge is 2.18. The third-order valence-corrected chi connectivity index (χ3v) is 5.08. The number of hydrogen-bond donors (Lipinski definition) is 0. The zero-order valence-corrected chi connectivity index (χ0v) is 15.0. The number of nitrogens with zero attached hydrogens (tertiary/aromatic N) is 5. The molecule has 130 valence electrons. The third-order valence-electron chi connectivity index (χ3n) is 5.08. The summed E-state index contributed by atoms with van der Waals surface area (Å²) in [4.78, 5) is 14.2. The molecule has 1 fully saturated rings. The van der Waals surface area contributed by atoms with Crippen molar-refractivity contribution in [3.05, 3.63) is 59.7 Å². The highest BCUT2D eigenvalue weighted by molar-refractivity contribution is 5.50. The van der Waals surface area contributed by atoms with E-state index in [1.54, 1.807) is 0 Å². The highest BCUT2D eigenvalue weighted by atomic mass is 15.2. The Bertz CT molecular complexity index is 855. The predicted octanol–water partition coefficient (Wildman–Crippen LogP) is 3.06. The van der Waals surface area contributed by atoms with Crippen molar-refractivity contribution in [2.75, 3.05) is 31.1 Å². The van der Waals surface area contributed by atoms with Crippen LogP contribution in [0, 0.1) is 13.8 Å². The van der Waals surface area contributed by atoms with E-state index >= 15 is 0 Å². The van der Waals surface area contributed by atoms with E-state index in [0.29, 0.717) is 0 Å². The quantitative estimate of drug-likeness (QED) is 0.737. The normalized spacial score (nSPS) is 16.3. The zero-order chi connectivity index (χ0) is 17.2. The fourth-order valence-electron chi connectivity index (χ4n) is 3.67. The van der Waals surface area contributed by atoms with Gasteiger partial charge in [0.1, 0.15) is 11.5 Å². The largest absolute Gasteiger partial charge is 0.355 e. The van der Waals surface area contributed by atoms with E-state index in [4.69, 9.17) is 4.98 Å². The molecular formula is C20H25N5. The second-order valence-electron chi connectivity index (χ2n) is 6.83. The zero-order valence-electron chi connectivity index (χ0n) is 15.0. The maximum absolute atomic E-state index is 4.78. The van der Waals surface area contributed by atoms with Crippen molar-refractivity contribution in [2.24, 2.45) is 0 Å². The van der Waals surface area contributed by atoms with Crippen LogP contribution in [0.1, 0.15) is 23.4 Å². The number of hydrogen-bond acceptors (Lipinski definition) is 4. The van der Waals surface area contributed by atoms with Gasteiger partial charge < -0.3 is 9.30 Å². The Kier molecular flexibility index (Phi) is 4.40. The Morgan fingerprint density at radius 2 is 1.92 bits per heavy atom. The molecule has 4 heterocycles. The van der Waals surface area contributed by atoms with Crippen LogP contribution in [-0.2, 0) is 6.54 Å². The van der Waals surface area contributed by atoms with Gasteiger partial charge in [0, 0.05) is 45.1 Å². The van der Waals surface area contributed by atoms with Crippen LogP contribution in [0.3, 0.4) is 0 Å². The maximum atomic E-state index is 4.78. The van der Waals surface area contributed by atoms with Crippen LogP contribution in [0.2, 0.25) is 0 Å². The summed E-state index contributed by atoms with van der Waals surface area (Å²) in [6, 6.07) is 10.4. The lowest BCUT2D eigenvalue weighted by atomic mass is 10.3. The van der Waals surface area contributed by atoms with Crippen LogP contribution in [0.4, 0.5) is 5.82 Å². The van der Waals surface area contributed by atoms with Crippen LogP contribution in [0.25, 0.3) is 5.65 Å². The van der Waals surface area contributed by atoms with Crippen molar-refractivity contribution in [3.63, 3.8) is 0 Å². The van der Waals surface area contributed by atoms with Crippen molar-refractivity contribution >= 4 is 11.5 Å². The molecule has 0 radical (unpaired) electrons. The van der Waals surface area contributed by atoms with Crippen molar-refractivity contribution in [2.45, 2.75) is 26.8 Å². The number of imidazole rings is 1. The summed E-state index contributed by atoms with van der Waals surface area (Å²) in [6.07, 6.45) is 5.17. The lowest BCUT2D eigenvalue weighted by Gasteiger charge is -2.22. The second-order valence-corrected chi connectivity index (χ2v) is 6.83. The smallest absolute Gasteiger partial charge is 0.140 e. The van der Waals surface area contributed by atoms with E-state index in [1.165, 1.54) is 11.3 Å². The summed E-state index contributed by atoms with van der Waals surface area (Å²) in [5.41, 5.74) is 4.76.